The number of para-hydroxylation sites is 1. The van der Waals surface area contributed by atoms with Crippen LogP contribution in [0, 0.1) is 5.92 Å². The number of benzene rings is 1. The predicted molar refractivity (Wildman–Crippen MR) is 108 cm³/mol. The van der Waals surface area contributed by atoms with Crippen molar-refractivity contribution in [2.45, 2.75) is 45.6 Å². The van der Waals surface area contributed by atoms with E-state index in [2.05, 4.69) is 5.32 Å². The van der Waals surface area contributed by atoms with E-state index < -0.39 is 10.2 Å². The third-order valence-corrected chi connectivity index (χ3v) is 7.45. The maximum atomic E-state index is 12.9. The normalized spacial score (nSPS) is 22.0. The molecule has 2 saturated heterocycles. The maximum Gasteiger partial charge on any atom is 0.281 e. The van der Waals surface area contributed by atoms with Crippen LogP contribution in [0.1, 0.15) is 44.6 Å². The zero-order chi connectivity index (χ0) is 20.0. The summed E-state index contributed by atoms with van der Waals surface area (Å²) in [6, 6.07) is 7.64. The summed E-state index contributed by atoms with van der Waals surface area (Å²) in [5.41, 5.74) is 0.923. The first kappa shape index (κ1) is 21.1. The molecule has 2 heterocycles. The van der Waals surface area contributed by atoms with Gasteiger partial charge in [0.25, 0.3) is 10.2 Å². The molecule has 3 rings (SSSR count). The summed E-state index contributed by atoms with van der Waals surface area (Å²) in [4.78, 5) is 12.7. The number of carbonyl (C=O) groups excluding carboxylic acids is 1. The van der Waals surface area contributed by atoms with E-state index in [-0.39, 0.29) is 18.4 Å². The zero-order valence-electron chi connectivity index (χ0n) is 16.6. The van der Waals surface area contributed by atoms with Crippen LogP contribution in [0.4, 0.5) is 0 Å². The molecule has 2 fully saturated rings. The Hall–Kier alpha value is -1.64. The molecule has 156 valence electrons. The Kier molecular flexibility index (Phi) is 7.31. The van der Waals surface area contributed by atoms with E-state index in [9.17, 15) is 13.2 Å². The minimum Gasteiger partial charge on any atom is -0.494 e. The van der Waals surface area contributed by atoms with Crippen molar-refractivity contribution < 1.29 is 17.9 Å². The summed E-state index contributed by atoms with van der Waals surface area (Å²) < 4.78 is 34.5. The van der Waals surface area contributed by atoms with Gasteiger partial charge in [-0.1, -0.05) is 24.6 Å². The van der Waals surface area contributed by atoms with Crippen LogP contribution in [-0.4, -0.2) is 55.7 Å². The van der Waals surface area contributed by atoms with Crippen molar-refractivity contribution in [3.8, 4) is 5.75 Å². The molecular formula is C20H31N3O4S. The Balaban J connectivity index is 1.58. The van der Waals surface area contributed by atoms with Gasteiger partial charge < -0.3 is 10.1 Å². The minimum atomic E-state index is -3.47. The van der Waals surface area contributed by atoms with Gasteiger partial charge in [-0.05, 0) is 38.7 Å². The highest BCUT2D eigenvalue weighted by molar-refractivity contribution is 7.86. The Morgan fingerprint density at radius 3 is 2.57 bits per heavy atom. The van der Waals surface area contributed by atoms with E-state index in [0.717, 1.165) is 30.6 Å². The van der Waals surface area contributed by atoms with Gasteiger partial charge in [0, 0.05) is 38.3 Å². The zero-order valence-corrected chi connectivity index (χ0v) is 17.4. The summed E-state index contributed by atoms with van der Waals surface area (Å²) in [5, 5.41) is 2.96. The number of ether oxygens (including phenoxy) is 1. The van der Waals surface area contributed by atoms with E-state index in [1.165, 1.54) is 4.31 Å². The maximum absolute atomic E-state index is 12.9. The van der Waals surface area contributed by atoms with Gasteiger partial charge >= 0.3 is 0 Å². The number of hydrogen-bond acceptors (Lipinski definition) is 4. The first-order valence-corrected chi connectivity index (χ1v) is 11.7. The molecule has 28 heavy (non-hydrogen) atoms. The summed E-state index contributed by atoms with van der Waals surface area (Å²) in [7, 11) is -3.47. The van der Waals surface area contributed by atoms with Gasteiger partial charge in [-0.2, -0.15) is 17.0 Å². The first-order valence-electron chi connectivity index (χ1n) is 10.3. The first-order chi connectivity index (χ1) is 13.5. The van der Waals surface area contributed by atoms with Crippen LogP contribution in [0.2, 0.25) is 0 Å². The summed E-state index contributed by atoms with van der Waals surface area (Å²) in [6.07, 6.45) is 4.33. The number of rotatable bonds is 7. The second-order valence-electron chi connectivity index (χ2n) is 7.42. The number of carbonyl (C=O) groups is 1. The lowest BCUT2D eigenvalue weighted by Gasteiger charge is -2.36. The molecule has 2 aliphatic heterocycles. The number of piperidine rings is 2. The van der Waals surface area contributed by atoms with Gasteiger partial charge in [0.15, 0.2) is 0 Å². The fourth-order valence-electron chi connectivity index (χ4n) is 3.90. The topological polar surface area (TPSA) is 79.0 Å². The van der Waals surface area contributed by atoms with Crippen molar-refractivity contribution in [3.05, 3.63) is 29.8 Å². The Morgan fingerprint density at radius 2 is 1.82 bits per heavy atom. The third kappa shape index (κ3) is 5.04. The largest absolute Gasteiger partial charge is 0.494 e. The van der Waals surface area contributed by atoms with Crippen LogP contribution in [0.15, 0.2) is 24.3 Å². The molecular weight excluding hydrogens is 378 g/mol. The molecule has 1 atom stereocenters. The molecule has 0 aromatic heterocycles. The minimum absolute atomic E-state index is 0.0927. The molecule has 0 bridgehead atoms. The van der Waals surface area contributed by atoms with Crippen LogP contribution in [-0.2, 0) is 21.5 Å². The Labute approximate surface area is 168 Å². The van der Waals surface area contributed by atoms with E-state index in [1.807, 2.05) is 31.2 Å². The van der Waals surface area contributed by atoms with Crippen molar-refractivity contribution in [3.63, 3.8) is 0 Å². The highest BCUT2D eigenvalue weighted by atomic mass is 32.2. The molecule has 0 aliphatic carbocycles. The van der Waals surface area contributed by atoms with Crippen LogP contribution < -0.4 is 10.1 Å². The average Bonchev–Trinajstić information content (AvgIpc) is 2.74. The lowest BCUT2D eigenvalue weighted by atomic mass is 9.98. The van der Waals surface area contributed by atoms with Gasteiger partial charge in [0.05, 0.1) is 12.5 Å². The second-order valence-corrected chi connectivity index (χ2v) is 9.35. The predicted octanol–water partition coefficient (Wildman–Crippen LogP) is 2.14. The molecule has 7 nitrogen and oxygen atoms in total. The molecule has 8 heteroatoms. The van der Waals surface area contributed by atoms with E-state index in [1.54, 1.807) is 4.31 Å². The lowest BCUT2D eigenvalue weighted by molar-refractivity contribution is -0.126. The van der Waals surface area contributed by atoms with E-state index >= 15 is 0 Å². The van der Waals surface area contributed by atoms with E-state index in [4.69, 9.17) is 4.74 Å². The fraction of sp³-hybridized carbons (Fsp3) is 0.650. The molecule has 0 saturated carbocycles. The SMILES string of the molecule is CCOc1ccccc1CNC(=O)[C@@H]1CCCN(S(=O)(=O)N2CCCCC2)C1. The highest BCUT2D eigenvalue weighted by Gasteiger charge is 2.36. The Morgan fingerprint density at radius 1 is 1.11 bits per heavy atom. The summed E-state index contributed by atoms with van der Waals surface area (Å²) in [5.74, 6) is 0.362. The fourth-order valence-corrected chi connectivity index (χ4v) is 5.67. The van der Waals surface area contributed by atoms with Crippen molar-refractivity contribution in [2.24, 2.45) is 5.92 Å². The molecule has 1 aromatic rings. The van der Waals surface area contributed by atoms with Gasteiger partial charge in [0.2, 0.25) is 5.91 Å². The second kappa shape index (κ2) is 9.71. The molecule has 2 aliphatic rings. The molecule has 0 unspecified atom stereocenters. The molecule has 1 N–H and O–H groups in total. The quantitative estimate of drug-likeness (QED) is 0.748. The molecule has 1 aromatic carbocycles. The molecule has 0 radical (unpaired) electrons. The van der Waals surface area contributed by atoms with Gasteiger partial charge in [-0.15, -0.1) is 0 Å². The van der Waals surface area contributed by atoms with Crippen molar-refractivity contribution in [1.29, 1.82) is 0 Å². The molecule has 1 amide bonds. The van der Waals surface area contributed by atoms with Gasteiger partial charge in [0.1, 0.15) is 5.75 Å². The van der Waals surface area contributed by atoms with Crippen LogP contribution in [0.5, 0.6) is 5.75 Å². The molecule has 0 spiro atoms. The summed E-state index contributed by atoms with van der Waals surface area (Å²) >= 11 is 0. The van der Waals surface area contributed by atoms with Crippen LogP contribution in [0.25, 0.3) is 0 Å². The number of hydrogen-bond donors (Lipinski definition) is 1. The highest BCUT2D eigenvalue weighted by Crippen LogP contribution is 2.24. The van der Waals surface area contributed by atoms with E-state index in [0.29, 0.717) is 45.6 Å². The van der Waals surface area contributed by atoms with Gasteiger partial charge in [-0.3, -0.25) is 4.79 Å². The lowest BCUT2D eigenvalue weighted by Crippen LogP contribution is -2.51. The number of nitrogens with zero attached hydrogens (tertiary/aromatic N) is 2. The Bertz CT molecular complexity index is 762. The standard InChI is InChI=1S/C20H31N3O4S/c1-2-27-19-11-5-4-9-17(19)15-21-20(24)18-10-8-14-23(16-18)28(25,26)22-12-6-3-7-13-22/h4-5,9,11,18H,2-3,6-8,10,12-16H2,1H3,(H,21,24)/t18-/m1/s1. The smallest absolute Gasteiger partial charge is 0.281 e. The number of nitrogens with one attached hydrogen (secondary N) is 1. The van der Waals surface area contributed by atoms with Gasteiger partial charge in [-0.25, -0.2) is 0 Å². The monoisotopic (exact) mass is 409 g/mol. The third-order valence-electron chi connectivity index (χ3n) is 5.45. The van der Waals surface area contributed by atoms with Crippen molar-refractivity contribution in [2.75, 3.05) is 32.8 Å². The average molecular weight is 410 g/mol. The van der Waals surface area contributed by atoms with Crippen molar-refractivity contribution in [1.82, 2.24) is 13.9 Å². The summed E-state index contributed by atoms with van der Waals surface area (Å²) in [6.45, 7) is 4.80. The number of amides is 1. The van der Waals surface area contributed by atoms with Crippen LogP contribution in [0.3, 0.4) is 0 Å². The van der Waals surface area contributed by atoms with Crippen LogP contribution >= 0.6 is 0 Å². The van der Waals surface area contributed by atoms with Crippen molar-refractivity contribution >= 4 is 16.1 Å².